The van der Waals surface area contributed by atoms with E-state index in [1.807, 2.05) is 0 Å². The molecule has 1 rings (SSSR count). The molecule has 2 heteroatoms. The van der Waals surface area contributed by atoms with E-state index in [9.17, 15) is 4.39 Å². The maximum absolute atomic E-state index is 11.8. The van der Waals surface area contributed by atoms with Crippen LogP contribution in [-0.4, -0.2) is 11.9 Å². The number of halogens is 1. The predicted molar refractivity (Wildman–Crippen MR) is 26.5 cm³/mol. The number of rotatable bonds is 0. The van der Waals surface area contributed by atoms with Gasteiger partial charge < -0.3 is 0 Å². The van der Waals surface area contributed by atoms with Crippen molar-refractivity contribution in [2.45, 2.75) is 6.17 Å². The normalized spacial score (nSPS) is 31.8. The third-order valence-corrected chi connectivity index (χ3v) is 1.50. The number of alkyl halides is 1. The first-order valence-electron chi connectivity index (χ1n) is 1.82. The van der Waals surface area contributed by atoms with E-state index in [0.717, 1.165) is 0 Å². The van der Waals surface area contributed by atoms with E-state index in [1.165, 1.54) is 11.8 Å². The van der Waals surface area contributed by atoms with Gasteiger partial charge in [-0.3, -0.25) is 0 Å². The van der Waals surface area contributed by atoms with Gasteiger partial charge in [-0.1, -0.05) is 0 Å². The SMILES string of the molecule is FC1C=CSC1. The van der Waals surface area contributed by atoms with Crippen LogP contribution in [0, 0.1) is 0 Å². The van der Waals surface area contributed by atoms with Crippen LogP contribution in [-0.2, 0) is 0 Å². The van der Waals surface area contributed by atoms with Crippen LogP contribution in [0.1, 0.15) is 0 Å². The highest BCUT2D eigenvalue weighted by Crippen LogP contribution is 2.15. The standard InChI is InChI=1S/C4H5FS/c5-4-1-2-6-3-4/h1-2,4H,3H2. The molecule has 0 aromatic carbocycles. The first kappa shape index (κ1) is 4.19. The van der Waals surface area contributed by atoms with Gasteiger partial charge in [-0.15, -0.1) is 11.8 Å². The number of allylic oxidation sites excluding steroid dienone is 1. The Morgan fingerprint density at radius 3 is 2.83 bits per heavy atom. The highest BCUT2D eigenvalue weighted by molar-refractivity contribution is 8.02. The zero-order chi connectivity index (χ0) is 4.41. The zero-order valence-corrected chi connectivity index (χ0v) is 4.04. The second-order valence-corrected chi connectivity index (χ2v) is 2.12. The van der Waals surface area contributed by atoms with E-state index in [2.05, 4.69) is 0 Å². The van der Waals surface area contributed by atoms with Gasteiger partial charge in [-0.25, -0.2) is 4.39 Å². The second kappa shape index (κ2) is 1.65. The first-order chi connectivity index (χ1) is 2.89. The van der Waals surface area contributed by atoms with E-state index >= 15 is 0 Å². The third-order valence-electron chi connectivity index (χ3n) is 0.639. The molecule has 0 spiro atoms. The minimum absolute atomic E-state index is 0.625. The van der Waals surface area contributed by atoms with Gasteiger partial charge >= 0.3 is 0 Å². The molecule has 0 fully saturated rings. The summed E-state index contributed by atoms with van der Waals surface area (Å²) in [6, 6.07) is 0. The predicted octanol–water partition coefficient (Wildman–Crippen LogP) is 1.58. The molecule has 0 N–H and O–H groups in total. The van der Waals surface area contributed by atoms with E-state index in [-0.39, 0.29) is 0 Å². The lowest BCUT2D eigenvalue weighted by Crippen LogP contribution is -1.89. The summed E-state index contributed by atoms with van der Waals surface area (Å²) in [4.78, 5) is 0. The van der Waals surface area contributed by atoms with Crippen LogP contribution < -0.4 is 0 Å². The van der Waals surface area contributed by atoms with Crippen molar-refractivity contribution >= 4 is 11.8 Å². The van der Waals surface area contributed by atoms with Gasteiger partial charge in [0.2, 0.25) is 0 Å². The molecule has 0 aliphatic carbocycles. The van der Waals surface area contributed by atoms with Crippen molar-refractivity contribution in [3.05, 3.63) is 11.5 Å². The van der Waals surface area contributed by atoms with Gasteiger partial charge in [0.1, 0.15) is 6.17 Å². The monoisotopic (exact) mass is 104 g/mol. The summed E-state index contributed by atoms with van der Waals surface area (Å²) in [7, 11) is 0. The van der Waals surface area contributed by atoms with Crippen LogP contribution in [0.15, 0.2) is 11.5 Å². The van der Waals surface area contributed by atoms with Crippen molar-refractivity contribution in [3.63, 3.8) is 0 Å². The molecular formula is C4H5FS. The fourth-order valence-corrected chi connectivity index (χ4v) is 1.03. The third kappa shape index (κ3) is 0.744. The number of thioether (sulfide) groups is 1. The Labute approximate surface area is 40.4 Å². The highest BCUT2D eigenvalue weighted by Gasteiger charge is 2.04. The Morgan fingerprint density at radius 1 is 1.83 bits per heavy atom. The van der Waals surface area contributed by atoms with E-state index in [1.54, 1.807) is 11.5 Å². The summed E-state index contributed by atoms with van der Waals surface area (Å²) in [6.07, 6.45) is 0.903. The Bertz CT molecular complexity index is 69.9. The van der Waals surface area contributed by atoms with Gasteiger partial charge in [0.05, 0.1) is 0 Å². The first-order valence-corrected chi connectivity index (χ1v) is 2.87. The molecule has 1 unspecified atom stereocenters. The molecule has 1 aliphatic heterocycles. The van der Waals surface area contributed by atoms with Crippen LogP contribution in [0.5, 0.6) is 0 Å². The van der Waals surface area contributed by atoms with Gasteiger partial charge in [-0.05, 0) is 11.5 Å². The van der Waals surface area contributed by atoms with Crippen LogP contribution in [0.2, 0.25) is 0 Å². The van der Waals surface area contributed by atoms with Crippen molar-refractivity contribution in [2.24, 2.45) is 0 Å². The van der Waals surface area contributed by atoms with Crippen LogP contribution in [0.3, 0.4) is 0 Å². The van der Waals surface area contributed by atoms with Crippen molar-refractivity contribution in [1.82, 2.24) is 0 Å². The molecule has 1 heterocycles. The molecule has 0 saturated heterocycles. The molecule has 34 valence electrons. The van der Waals surface area contributed by atoms with Crippen LogP contribution in [0.4, 0.5) is 4.39 Å². The summed E-state index contributed by atoms with van der Waals surface area (Å²) < 4.78 is 11.8. The lowest BCUT2D eigenvalue weighted by Gasteiger charge is -1.84. The zero-order valence-electron chi connectivity index (χ0n) is 3.23. The van der Waals surface area contributed by atoms with E-state index < -0.39 is 6.17 Å². The summed E-state index contributed by atoms with van der Waals surface area (Å²) in [5, 5.41) is 1.80. The quantitative estimate of drug-likeness (QED) is 0.449. The smallest absolute Gasteiger partial charge is 0.128 e. The van der Waals surface area contributed by atoms with Gasteiger partial charge in [0.25, 0.3) is 0 Å². The average Bonchev–Trinajstić information content (AvgIpc) is 1.86. The Balaban J connectivity index is 2.38. The Hall–Kier alpha value is 0.0200. The molecule has 1 atom stereocenters. The molecule has 0 saturated carbocycles. The average molecular weight is 104 g/mol. The van der Waals surface area contributed by atoms with Crippen LogP contribution in [0.25, 0.3) is 0 Å². The molecule has 1 aliphatic rings. The summed E-state index contributed by atoms with van der Waals surface area (Å²) in [6.45, 7) is 0. The molecule has 0 aromatic rings. The van der Waals surface area contributed by atoms with Gasteiger partial charge in [0, 0.05) is 5.75 Å². The molecule has 0 radical (unpaired) electrons. The molecule has 6 heavy (non-hydrogen) atoms. The van der Waals surface area contributed by atoms with Crippen molar-refractivity contribution in [2.75, 3.05) is 5.75 Å². The van der Waals surface area contributed by atoms with Crippen LogP contribution >= 0.6 is 11.8 Å². The summed E-state index contributed by atoms with van der Waals surface area (Å²) in [5.41, 5.74) is 0. The summed E-state index contributed by atoms with van der Waals surface area (Å²) >= 11 is 1.53. The minimum atomic E-state index is -0.671. The highest BCUT2D eigenvalue weighted by atomic mass is 32.2. The van der Waals surface area contributed by atoms with E-state index in [0.29, 0.717) is 5.75 Å². The van der Waals surface area contributed by atoms with Crippen molar-refractivity contribution < 1.29 is 4.39 Å². The van der Waals surface area contributed by atoms with Gasteiger partial charge in [0.15, 0.2) is 0 Å². The van der Waals surface area contributed by atoms with Gasteiger partial charge in [-0.2, -0.15) is 0 Å². The molecule has 0 bridgehead atoms. The lowest BCUT2D eigenvalue weighted by molar-refractivity contribution is 0.440. The second-order valence-electron chi connectivity index (χ2n) is 1.18. The fourth-order valence-electron chi connectivity index (χ4n) is 0.344. The maximum atomic E-state index is 11.8. The lowest BCUT2D eigenvalue weighted by atomic mass is 10.4. The number of hydrogen-bond acceptors (Lipinski definition) is 1. The molecule has 0 nitrogen and oxygen atoms in total. The fraction of sp³-hybridized carbons (Fsp3) is 0.500. The maximum Gasteiger partial charge on any atom is 0.128 e. The Kier molecular flexibility index (Phi) is 1.15. The molecule has 0 amide bonds. The van der Waals surface area contributed by atoms with Crippen molar-refractivity contribution in [3.8, 4) is 0 Å². The minimum Gasteiger partial charge on any atom is -0.242 e. The molecule has 0 aromatic heterocycles. The largest absolute Gasteiger partial charge is 0.242 e. The summed E-state index contributed by atoms with van der Waals surface area (Å²) in [5.74, 6) is 0.625. The van der Waals surface area contributed by atoms with E-state index in [4.69, 9.17) is 0 Å². The van der Waals surface area contributed by atoms with Crippen molar-refractivity contribution in [1.29, 1.82) is 0 Å². The number of hydrogen-bond donors (Lipinski definition) is 0. The topological polar surface area (TPSA) is 0 Å². The molecular weight excluding hydrogens is 99.1 g/mol. The Morgan fingerprint density at radius 2 is 2.67 bits per heavy atom.